The van der Waals surface area contributed by atoms with E-state index in [2.05, 4.69) is 13.8 Å². The zero-order chi connectivity index (χ0) is 14.8. The lowest BCUT2D eigenvalue weighted by atomic mass is 9.76. The number of rotatable bonds is 4. The first kappa shape index (κ1) is 15.0. The lowest BCUT2D eigenvalue weighted by Crippen LogP contribution is -2.26. The van der Waals surface area contributed by atoms with Gasteiger partial charge in [-0.05, 0) is 61.3 Å². The Hall–Kier alpha value is -1.35. The summed E-state index contributed by atoms with van der Waals surface area (Å²) < 4.78 is 6.00. The zero-order valence-electron chi connectivity index (χ0n) is 12.6. The molecule has 1 N–H and O–H groups in total. The summed E-state index contributed by atoms with van der Waals surface area (Å²) in [6.45, 7) is 7.15. The van der Waals surface area contributed by atoms with Crippen LogP contribution in [0.2, 0.25) is 0 Å². The van der Waals surface area contributed by atoms with Gasteiger partial charge >= 0.3 is 5.97 Å². The predicted octanol–water partition coefficient (Wildman–Crippen LogP) is 4.18. The summed E-state index contributed by atoms with van der Waals surface area (Å²) in [5.41, 5.74) is 2.87. The minimum Gasteiger partial charge on any atom is -0.478 e. The molecule has 3 nitrogen and oxygen atoms in total. The second-order valence-electron chi connectivity index (χ2n) is 6.62. The van der Waals surface area contributed by atoms with Crippen LogP contribution in [-0.4, -0.2) is 17.2 Å². The van der Waals surface area contributed by atoms with Gasteiger partial charge in [0, 0.05) is 0 Å². The molecule has 3 heteroatoms. The van der Waals surface area contributed by atoms with Crippen LogP contribution >= 0.6 is 0 Å². The van der Waals surface area contributed by atoms with Gasteiger partial charge in [0.1, 0.15) is 0 Å². The van der Waals surface area contributed by atoms with Gasteiger partial charge in [0.25, 0.3) is 0 Å². The molecule has 2 rings (SSSR count). The Labute approximate surface area is 121 Å². The van der Waals surface area contributed by atoms with Gasteiger partial charge < -0.3 is 9.84 Å². The number of aromatic carboxylic acids is 1. The third-order valence-electron chi connectivity index (χ3n) is 4.35. The summed E-state index contributed by atoms with van der Waals surface area (Å²) in [6, 6.07) is 5.23. The number of hydrogen-bond donors (Lipinski definition) is 1. The van der Waals surface area contributed by atoms with E-state index in [9.17, 15) is 4.79 Å². The summed E-state index contributed by atoms with van der Waals surface area (Å²) in [5.74, 6) is -0.880. The zero-order valence-corrected chi connectivity index (χ0v) is 12.6. The Morgan fingerprint density at radius 1 is 1.35 bits per heavy atom. The summed E-state index contributed by atoms with van der Waals surface area (Å²) in [4.78, 5) is 10.9. The van der Waals surface area contributed by atoms with Crippen LogP contribution in [0.4, 0.5) is 0 Å². The molecule has 0 spiro atoms. The van der Waals surface area contributed by atoms with Gasteiger partial charge in [-0.15, -0.1) is 0 Å². The first-order valence-corrected chi connectivity index (χ1v) is 7.32. The van der Waals surface area contributed by atoms with Crippen molar-refractivity contribution in [1.29, 1.82) is 0 Å². The highest BCUT2D eigenvalue weighted by Crippen LogP contribution is 2.36. The van der Waals surface area contributed by atoms with Crippen LogP contribution in [0, 0.1) is 12.3 Å². The van der Waals surface area contributed by atoms with E-state index in [1.54, 1.807) is 12.1 Å². The van der Waals surface area contributed by atoms with Gasteiger partial charge in [0.2, 0.25) is 0 Å². The highest BCUT2D eigenvalue weighted by Gasteiger charge is 2.27. The molecule has 1 aromatic carbocycles. The molecule has 0 unspecified atom stereocenters. The summed E-state index contributed by atoms with van der Waals surface area (Å²) in [5, 5.41) is 8.95. The maximum absolute atomic E-state index is 10.9. The Balaban J connectivity index is 1.90. The average molecular weight is 276 g/mol. The van der Waals surface area contributed by atoms with E-state index in [0.29, 0.717) is 23.7 Å². The largest absolute Gasteiger partial charge is 0.478 e. The molecule has 1 aromatic rings. The molecule has 0 heterocycles. The summed E-state index contributed by atoms with van der Waals surface area (Å²) in [7, 11) is 0. The molecular weight excluding hydrogens is 252 g/mol. The van der Waals surface area contributed by atoms with Crippen molar-refractivity contribution in [2.24, 2.45) is 5.41 Å². The Morgan fingerprint density at radius 2 is 2.00 bits per heavy atom. The number of carboxylic acids is 1. The number of ether oxygens (including phenoxy) is 1. The molecule has 110 valence electrons. The van der Waals surface area contributed by atoms with Gasteiger partial charge in [-0.25, -0.2) is 4.79 Å². The van der Waals surface area contributed by atoms with Gasteiger partial charge in [-0.1, -0.05) is 19.9 Å². The molecule has 0 saturated heterocycles. The third kappa shape index (κ3) is 3.83. The van der Waals surface area contributed by atoms with E-state index in [4.69, 9.17) is 9.84 Å². The molecule has 0 atom stereocenters. The first-order valence-electron chi connectivity index (χ1n) is 7.32. The van der Waals surface area contributed by atoms with Crippen molar-refractivity contribution in [3.05, 3.63) is 34.9 Å². The topological polar surface area (TPSA) is 46.5 Å². The lowest BCUT2D eigenvalue weighted by molar-refractivity contribution is -0.00577. The quantitative estimate of drug-likeness (QED) is 0.897. The van der Waals surface area contributed by atoms with E-state index >= 15 is 0 Å². The van der Waals surface area contributed by atoms with Crippen LogP contribution in [0.3, 0.4) is 0 Å². The van der Waals surface area contributed by atoms with Gasteiger partial charge in [0.15, 0.2) is 0 Å². The average Bonchev–Trinajstić information content (AvgIpc) is 2.38. The number of carboxylic acid groups (broad SMARTS) is 1. The standard InChI is InChI=1S/C17H24O3/c1-12-10-13(16(18)19)4-5-14(12)11-20-15-6-8-17(2,3)9-7-15/h4-5,10,15H,6-9,11H2,1-3H3,(H,18,19). The van der Waals surface area contributed by atoms with E-state index in [1.807, 2.05) is 13.0 Å². The van der Waals surface area contributed by atoms with Crippen molar-refractivity contribution in [1.82, 2.24) is 0 Å². The van der Waals surface area contributed by atoms with E-state index in [1.165, 1.54) is 12.8 Å². The van der Waals surface area contributed by atoms with Crippen LogP contribution in [0.25, 0.3) is 0 Å². The molecule has 0 radical (unpaired) electrons. The fourth-order valence-electron chi connectivity index (χ4n) is 2.74. The maximum Gasteiger partial charge on any atom is 0.335 e. The monoisotopic (exact) mass is 276 g/mol. The highest BCUT2D eigenvalue weighted by atomic mass is 16.5. The van der Waals surface area contributed by atoms with Crippen LogP contribution in [0.5, 0.6) is 0 Å². The number of hydrogen-bond acceptors (Lipinski definition) is 2. The van der Waals surface area contributed by atoms with Crippen LogP contribution < -0.4 is 0 Å². The van der Waals surface area contributed by atoms with E-state index < -0.39 is 5.97 Å². The van der Waals surface area contributed by atoms with Crippen LogP contribution in [0.1, 0.15) is 61.0 Å². The SMILES string of the molecule is Cc1cc(C(=O)O)ccc1COC1CCC(C)(C)CC1. The Morgan fingerprint density at radius 3 is 2.55 bits per heavy atom. The predicted molar refractivity (Wildman–Crippen MR) is 79.0 cm³/mol. The van der Waals surface area contributed by atoms with Crippen molar-refractivity contribution in [3.63, 3.8) is 0 Å². The van der Waals surface area contributed by atoms with Crippen LogP contribution in [0.15, 0.2) is 18.2 Å². The molecular formula is C17H24O3. The summed E-state index contributed by atoms with van der Waals surface area (Å²) in [6.07, 6.45) is 5.03. The minimum atomic E-state index is -0.880. The van der Waals surface area contributed by atoms with Crippen molar-refractivity contribution in [3.8, 4) is 0 Å². The molecule has 1 aliphatic carbocycles. The molecule has 0 amide bonds. The number of benzene rings is 1. The van der Waals surface area contributed by atoms with E-state index in [-0.39, 0.29) is 0 Å². The fraction of sp³-hybridized carbons (Fsp3) is 0.588. The maximum atomic E-state index is 10.9. The highest BCUT2D eigenvalue weighted by molar-refractivity contribution is 5.87. The van der Waals surface area contributed by atoms with Crippen LogP contribution in [-0.2, 0) is 11.3 Å². The molecule has 20 heavy (non-hydrogen) atoms. The van der Waals surface area contributed by atoms with Crippen molar-refractivity contribution in [2.45, 2.75) is 59.2 Å². The smallest absolute Gasteiger partial charge is 0.335 e. The number of aryl methyl sites for hydroxylation is 1. The van der Waals surface area contributed by atoms with Crippen molar-refractivity contribution < 1.29 is 14.6 Å². The molecule has 1 saturated carbocycles. The summed E-state index contributed by atoms with van der Waals surface area (Å²) >= 11 is 0. The Bertz CT molecular complexity index is 481. The van der Waals surface area contributed by atoms with Gasteiger partial charge in [0.05, 0.1) is 18.3 Å². The number of carbonyl (C=O) groups is 1. The first-order chi connectivity index (χ1) is 9.37. The van der Waals surface area contributed by atoms with Crippen molar-refractivity contribution in [2.75, 3.05) is 0 Å². The molecule has 0 aliphatic heterocycles. The van der Waals surface area contributed by atoms with Gasteiger partial charge in [-0.2, -0.15) is 0 Å². The second kappa shape index (κ2) is 5.96. The molecule has 0 bridgehead atoms. The third-order valence-corrected chi connectivity index (χ3v) is 4.35. The van der Waals surface area contributed by atoms with Crippen molar-refractivity contribution >= 4 is 5.97 Å². The molecule has 0 aromatic heterocycles. The molecule has 1 aliphatic rings. The molecule has 1 fully saturated rings. The lowest BCUT2D eigenvalue weighted by Gasteiger charge is -2.34. The van der Waals surface area contributed by atoms with Gasteiger partial charge in [-0.3, -0.25) is 0 Å². The minimum absolute atomic E-state index is 0.339. The fourth-order valence-corrected chi connectivity index (χ4v) is 2.74. The normalized spacial score (nSPS) is 18.9. The second-order valence-corrected chi connectivity index (χ2v) is 6.62. The Kier molecular flexibility index (Phi) is 4.48. The van der Waals surface area contributed by atoms with E-state index in [0.717, 1.165) is 24.0 Å².